The van der Waals surface area contributed by atoms with Crippen LogP contribution in [0.1, 0.15) is 12.8 Å². The molecule has 0 radical (unpaired) electrons. The zero-order chi connectivity index (χ0) is 20.1. The Hall–Kier alpha value is -2.44. The van der Waals surface area contributed by atoms with E-state index in [1.807, 2.05) is 36.4 Å². The minimum atomic E-state index is 0.243. The topological polar surface area (TPSA) is 43.4 Å². The van der Waals surface area contributed by atoms with Crippen molar-refractivity contribution in [2.45, 2.75) is 25.0 Å². The van der Waals surface area contributed by atoms with Gasteiger partial charge in [-0.1, -0.05) is 6.07 Å². The van der Waals surface area contributed by atoms with Crippen molar-refractivity contribution < 1.29 is 18.9 Å². The Morgan fingerprint density at radius 3 is 2.38 bits per heavy atom. The van der Waals surface area contributed by atoms with E-state index in [2.05, 4.69) is 21.9 Å². The van der Waals surface area contributed by atoms with Crippen molar-refractivity contribution in [3.63, 3.8) is 0 Å². The number of methoxy groups -OCH3 is 2. The number of nitrogens with zero attached hydrogens (tertiary/aromatic N) is 2. The average molecular weight is 399 g/mol. The van der Waals surface area contributed by atoms with Gasteiger partial charge in [0.05, 0.1) is 20.3 Å². The van der Waals surface area contributed by atoms with Crippen molar-refractivity contribution in [3.8, 4) is 17.2 Å². The van der Waals surface area contributed by atoms with E-state index in [4.69, 9.17) is 18.9 Å². The largest absolute Gasteiger partial charge is 0.497 e. The van der Waals surface area contributed by atoms with Crippen LogP contribution in [0.2, 0.25) is 0 Å². The fraction of sp³-hybridized carbons (Fsp3) is 0.478. The monoisotopic (exact) mass is 398 g/mol. The van der Waals surface area contributed by atoms with Gasteiger partial charge in [-0.25, -0.2) is 0 Å². The van der Waals surface area contributed by atoms with Crippen LogP contribution in [0.5, 0.6) is 17.2 Å². The molecule has 6 nitrogen and oxygen atoms in total. The predicted molar refractivity (Wildman–Crippen MR) is 113 cm³/mol. The summed E-state index contributed by atoms with van der Waals surface area (Å²) < 4.78 is 22.7. The van der Waals surface area contributed by atoms with Gasteiger partial charge in [0.1, 0.15) is 30.1 Å². The van der Waals surface area contributed by atoms with Crippen molar-refractivity contribution >= 4 is 5.69 Å². The van der Waals surface area contributed by atoms with Crippen LogP contribution in [0, 0.1) is 0 Å². The van der Waals surface area contributed by atoms with Gasteiger partial charge in [0.2, 0.25) is 0 Å². The Morgan fingerprint density at radius 2 is 1.66 bits per heavy atom. The van der Waals surface area contributed by atoms with Gasteiger partial charge in [-0.15, -0.1) is 0 Å². The second-order valence-electron chi connectivity index (χ2n) is 7.64. The summed E-state index contributed by atoms with van der Waals surface area (Å²) in [6, 6.07) is 16.0. The van der Waals surface area contributed by atoms with Gasteiger partial charge in [-0.3, -0.25) is 0 Å². The fourth-order valence-corrected chi connectivity index (χ4v) is 3.99. The van der Waals surface area contributed by atoms with E-state index in [1.54, 1.807) is 14.2 Å². The van der Waals surface area contributed by atoms with Gasteiger partial charge in [-0.05, 0) is 49.2 Å². The summed E-state index contributed by atoms with van der Waals surface area (Å²) in [7, 11) is 3.37. The SMILES string of the molecule is COc1ccc(N2COC(CN3CCC(Oc4cccc(OC)c4)CC3)C2)cc1. The quantitative estimate of drug-likeness (QED) is 0.712. The smallest absolute Gasteiger partial charge is 0.123 e. The van der Waals surface area contributed by atoms with Gasteiger partial charge >= 0.3 is 0 Å². The second kappa shape index (κ2) is 9.37. The number of piperidine rings is 1. The molecule has 0 saturated carbocycles. The molecule has 2 fully saturated rings. The van der Waals surface area contributed by atoms with E-state index in [9.17, 15) is 0 Å². The molecule has 2 heterocycles. The van der Waals surface area contributed by atoms with E-state index >= 15 is 0 Å². The number of hydrogen-bond donors (Lipinski definition) is 0. The molecule has 2 aliphatic rings. The molecule has 6 heteroatoms. The molecular formula is C23H30N2O4. The lowest BCUT2D eigenvalue weighted by atomic mass is 10.1. The summed E-state index contributed by atoms with van der Waals surface area (Å²) >= 11 is 0. The van der Waals surface area contributed by atoms with Crippen LogP contribution in [0.25, 0.3) is 0 Å². The maximum absolute atomic E-state index is 6.15. The summed E-state index contributed by atoms with van der Waals surface area (Å²) in [6.45, 7) is 4.62. The maximum Gasteiger partial charge on any atom is 0.123 e. The van der Waals surface area contributed by atoms with Crippen LogP contribution in [-0.2, 0) is 4.74 Å². The molecular weight excluding hydrogens is 368 g/mol. The van der Waals surface area contributed by atoms with Crippen LogP contribution in [0.3, 0.4) is 0 Å². The van der Waals surface area contributed by atoms with Gasteiger partial charge in [-0.2, -0.15) is 0 Å². The van der Waals surface area contributed by atoms with E-state index in [-0.39, 0.29) is 12.2 Å². The highest BCUT2D eigenvalue weighted by Crippen LogP contribution is 2.25. The van der Waals surface area contributed by atoms with Gasteiger partial charge in [0, 0.05) is 37.9 Å². The Bertz CT molecular complexity index is 775. The number of likely N-dealkylation sites (tertiary alicyclic amines) is 1. The molecule has 2 aliphatic heterocycles. The molecule has 2 aromatic rings. The highest BCUT2D eigenvalue weighted by atomic mass is 16.5. The highest BCUT2D eigenvalue weighted by molar-refractivity contribution is 5.49. The minimum absolute atomic E-state index is 0.243. The molecule has 156 valence electrons. The van der Waals surface area contributed by atoms with Gasteiger partial charge < -0.3 is 28.7 Å². The third-order valence-electron chi connectivity index (χ3n) is 5.67. The molecule has 0 spiro atoms. The molecule has 0 aromatic heterocycles. The molecule has 0 aliphatic carbocycles. The van der Waals surface area contributed by atoms with Crippen molar-refractivity contribution in [1.29, 1.82) is 0 Å². The molecule has 2 aromatic carbocycles. The summed E-state index contributed by atoms with van der Waals surface area (Å²) in [5, 5.41) is 0. The van der Waals surface area contributed by atoms with E-state index in [0.717, 1.165) is 56.3 Å². The lowest BCUT2D eigenvalue weighted by Gasteiger charge is -2.33. The number of benzene rings is 2. The summed E-state index contributed by atoms with van der Waals surface area (Å²) in [5.74, 6) is 2.60. The van der Waals surface area contributed by atoms with Crippen molar-refractivity contribution in [1.82, 2.24) is 4.90 Å². The first kappa shape index (κ1) is 19.9. The highest BCUT2D eigenvalue weighted by Gasteiger charge is 2.28. The third kappa shape index (κ3) is 5.14. The van der Waals surface area contributed by atoms with Crippen LogP contribution in [0.15, 0.2) is 48.5 Å². The predicted octanol–water partition coefficient (Wildman–Crippen LogP) is 3.41. The Balaban J connectivity index is 1.21. The van der Waals surface area contributed by atoms with E-state index < -0.39 is 0 Å². The lowest BCUT2D eigenvalue weighted by Crippen LogP contribution is -2.42. The van der Waals surface area contributed by atoms with Crippen molar-refractivity contribution in [2.24, 2.45) is 0 Å². The first-order chi connectivity index (χ1) is 14.2. The Kier molecular flexibility index (Phi) is 6.42. The molecule has 0 bridgehead atoms. The fourth-order valence-electron chi connectivity index (χ4n) is 3.99. The average Bonchev–Trinajstić information content (AvgIpc) is 3.24. The lowest BCUT2D eigenvalue weighted by molar-refractivity contribution is 0.0475. The minimum Gasteiger partial charge on any atom is -0.497 e. The standard InChI is InChI=1S/C23H30N2O4/c1-26-19-8-6-18(7-9-19)25-16-23(28-17-25)15-24-12-10-20(11-13-24)29-22-5-3-4-21(14-22)27-2/h3-9,14,20,23H,10-13,15-17H2,1-2H3. The molecule has 1 unspecified atom stereocenters. The normalized spacial score (nSPS) is 20.6. The number of rotatable bonds is 7. The number of anilines is 1. The number of ether oxygens (including phenoxy) is 4. The van der Waals surface area contributed by atoms with Crippen LogP contribution in [-0.4, -0.2) is 64.2 Å². The third-order valence-corrected chi connectivity index (χ3v) is 5.67. The Morgan fingerprint density at radius 1 is 0.931 bits per heavy atom. The molecule has 2 saturated heterocycles. The van der Waals surface area contributed by atoms with Crippen molar-refractivity contribution in [3.05, 3.63) is 48.5 Å². The van der Waals surface area contributed by atoms with E-state index in [0.29, 0.717) is 6.73 Å². The Labute approximate surface area is 172 Å². The first-order valence-corrected chi connectivity index (χ1v) is 10.3. The van der Waals surface area contributed by atoms with Crippen LogP contribution >= 0.6 is 0 Å². The summed E-state index contributed by atoms with van der Waals surface area (Å²) in [4.78, 5) is 4.77. The molecule has 0 amide bonds. The van der Waals surface area contributed by atoms with Crippen LogP contribution in [0.4, 0.5) is 5.69 Å². The van der Waals surface area contributed by atoms with Crippen LogP contribution < -0.4 is 19.1 Å². The molecule has 0 N–H and O–H groups in total. The zero-order valence-electron chi connectivity index (χ0n) is 17.3. The molecule has 29 heavy (non-hydrogen) atoms. The first-order valence-electron chi connectivity index (χ1n) is 10.3. The molecule has 4 rings (SSSR count). The summed E-state index contributed by atoms with van der Waals surface area (Å²) in [5.41, 5.74) is 1.18. The van der Waals surface area contributed by atoms with Gasteiger partial charge in [0.25, 0.3) is 0 Å². The second-order valence-corrected chi connectivity index (χ2v) is 7.64. The summed E-state index contributed by atoms with van der Waals surface area (Å²) in [6.07, 6.45) is 2.57. The maximum atomic E-state index is 6.15. The van der Waals surface area contributed by atoms with Gasteiger partial charge in [0.15, 0.2) is 0 Å². The van der Waals surface area contributed by atoms with E-state index in [1.165, 1.54) is 5.69 Å². The van der Waals surface area contributed by atoms with Crippen molar-refractivity contribution in [2.75, 3.05) is 52.0 Å². The molecule has 1 atom stereocenters. The zero-order valence-corrected chi connectivity index (χ0v) is 17.3. The number of hydrogen-bond acceptors (Lipinski definition) is 6.